The Morgan fingerprint density at radius 1 is 1.57 bits per heavy atom. The van der Waals surface area contributed by atoms with Crippen LogP contribution in [0.3, 0.4) is 0 Å². The maximum absolute atomic E-state index is 11.1. The van der Waals surface area contributed by atoms with Crippen molar-refractivity contribution in [2.75, 3.05) is 0 Å². The summed E-state index contributed by atoms with van der Waals surface area (Å²) in [6.07, 6.45) is 2.68. The SMILES string of the molecule is CCc1ncc2c(n1)CN(C(C)=O)C2. The van der Waals surface area contributed by atoms with Gasteiger partial charge >= 0.3 is 0 Å². The highest BCUT2D eigenvalue weighted by molar-refractivity contribution is 5.73. The van der Waals surface area contributed by atoms with Crippen molar-refractivity contribution in [1.29, 1.82) is 0 Å². The number of rotatable bonds is 1. The van der Waals surface area contributed by atoms with Gasteiger partial charge in [0.05, 0.1) is 12.2 Å². The number of carbonyl (C=O) groups excluding carboxylic acids is 1. The third-order valence-electron chi connectivity index (χ3n) is 2.47. The normalized spacial score (nSPS) is 14.3. The van der Waals surface area contributed by atoms with E-state index in [4.69, 9.17) is 0 Å². The largest absolute Gasteiger partial charge is 0.333 e. The smallest absolute Gasteiger partial charge is 0.220 e. The van der Waals surface area contributed by atoms with E-state index in [0.29, 0.717) is 13.1 Å². The van der Waals surface area contributed by atoms with Gasteiger partial charge in [-0.05, 0) is 0 Å². The molecule has 1 aromatic rings. The molecule has 1 aliphatic heterocycles. The average Bonchev–Trinajstić information content (AvgIpc) is 2.59. The van der Waals surface area contributed by atoms with Gasteiger partial charge in [0.1, 0.15) is 5.82 Å². The van der Waals surface area contributed by atoms with Crippen LogP contribution in [0.5, 0.6) is 0 Å². The molecule has 1 aromatic heterocycles. The highest BCUT2D eigenvalue weighted by atomic mass is 16.2. The van der Waals surface area contributed by atoms with Crippen LogP contribution in [0.15, 0.2) is 6.20 Å². The third-order valence-corrected chi connectivity index (χ3v) is 2.47. The van der Waals surface area contributed by atoms with E-state index in [1.165, 1.54) is 0 Å². The summed E-state index contributed by atoms with van der Waals surface area (Å²) in [6.45, 7) is 4.91. The molecule has 14 heavy (non-hydrogen) atoms. The molecule has 0 unspecified atom stereocenters. The minimum Gasteiger partial charge on any atom is -0.333 e. The Kier molecular flexibility index (Phi) is 2.19. The highest BCUT2D eigenvalue weighted by Crippen LogP contribution is 2.19. The van der Waals surface area contributed by atoms with Crippen molar-refractivity contribution < 1.29 is 4.79 Å². The summed E-state index contributed by atoms with van der Waals surface area (Å²) >= 11 is 0. The van der Waals surface area contributed by atoms with Crippen LogP contribution >= 0.6 is 0 Å². The molecule has 0 N–H and O–H groups in total. The molecule has 0 aromatic carbocycles. The molecule has 1 aliphatic rings. The lowest BCUT2D eigenvalue weighted by Gasteiger charge is -2.10. The van der Waals surface area contributed by atoms with Crippen molar-refractivity contribution in [2.45, 2.75) is 33.4 Å². The van der Waals surface area contributed by atoms with Gasteiger partial charge < -0.3 is 4.90 Å². The second-order valence-corrected chi connectivity index (χ2v) is 3.49. The molecule has 4 heteroatoms. The lowest BCUT2D eigenvalue weighted by atomic mass is 10.3. The monoisotopic (exact) mass is 191 g/mol. The van der Waals surface area contributed by atoms with E-state index in [9.17, 15) is 4.79 Å². The molecule has 0 saturated heterocycles. The molecule has 0 bridgehead atoms. The molecule has 2 heterocycles. The molecule has 0 fully saturated rings. The molecule has 0 atom stereocenters. The molecule has 0 saturated carbocycles. The van der Waals surface area contributed by atoms with Crippen molar-refractivity contribution in [3.8, 4) is 0 Å². The van der Waals surface area contributed by atoms with E-state index in [-0.39, 0.29) is 5.91 Å². The Bertz CT molecular complexity index is 376. The van der Waals surface area contributed by atoms with E-state index in [2.05, 4.69) is 9.97 Å². The number of aryl methyl sites for hydroxylation is 1. The first-order valence-corrected chi connectivity index (χ1v) is 4.80. The van der Waals surface area contributed by atoms with E-state index >= 15 is 0 Å². The van der Waals surface area contributed by atoms with E-state index in [0.717, 1.165) is 23.5 Å². The first kappa shape index (κ1) is 9.12. The zero-order chi connectivity index (χ0) is 10.1. The lowest BCUT2D eigenvalue weighted by molar-refractivity contribution is -0.129. The number of aromatic nitrogens is 2. The van der Waals surface area contributed by atoms with Crippen molar-refractivity contribution >= 4 is 5.91 Å². The summed E-state index contributed by atoms with van der Waals surface area (Å²) in [5.41, 5.74) is 2.09. The van der Waals surface area contributed by atoms with Gasteiger partial charge in [0, 0.05) is 31.6 Å². The molecular formula is C10H13N3O. The second-order valence-electron chi connectivity index (χ2n) is 3.49. The quantitative estimate of drug-likeness (QED) is 0.662. The van der Waals surface area contributed by atoms with Gasteiger partial charge in [-0.1, -0.05) is 6.92 Å². The fourth-order valence-electron chi connectivity index (χ4n) is 1.59. The lowest BCUT2D eigenvalue weighted by Crippen LogP contribution is -2.21. The van der Waals surface area contributed by atoms with Crippen molar-refractivity contribution in [1.82, 2.24) is 14.9 Å². The number of amides is 1. The summed E-state index contributed by atoms with van der Waals surface area (Å²) in [7, 11) is 0. The predicted octanol–water partition coefficient (Wildman–Crippen LogP) is 0.901. The Hall–Kier alpha value is -1.45. The maximum atomic E-state index is 11.1. The van der Waals surface area contributed by atoms with Crippen LogP contribution in [0.4, 0.5) is 0 Å². The van der Waals surface area contributed by atoms with Gasteiger partial charge in [0.15, 0.2) is 0 Å². The molecule has 1 amide bonds. The van der Waals surface area contributed by atoms with Crippen LogP contribution < -0.4 is 0 Å². The first-order chi connectivity index (χ1) is 6.70. The third kappa shape index (κ3) is 1.47. The first-order valence-electron chi connectivity index (χ1n) is 4.80. The Morgan fingerprint density at radius 3 is 3.00 bits per heavy atom. The number of fused-ring (bicyclic) bond motifs is 1. The summed E-state index contributed by atoms with van der Waals surface area (Å²) in [5, 5.41) is 0. The highest BCUT2D eigenvalue weighted by Gasteiger charge is 2.22. The molecule has 0 aliphatic carbocycles. The van der Waals surface area contributed by atoms with Crippen LogP contribution in [0.25, 0.3) is 0 Å². The van der Waals surface area contributed by atoms with Crippen molar-refractivity contribution in [3.63, 3.8) is 0 Å². The van der Waals surface area contributed by atoms with Crippen LogP contribution in [-0.2, 0) is 24.3 Å². The minimum atomic E-state index is 0.0982. The van der Waals surface area contributed by atoms with Crippen LogP contribution in [0.2, 0.25) is 0 Å². The molecule has 2 rings (SSSR count). The van der Waals surface area contributed by atoms with Crippen LogP contribution in [0, 0.1) is 0 Å². The van der Waals surface area contributed by atoms with Crippen molar-refractivity contribution in [3.05, 3.63) is 23.3 Å². The Labute approximate surface area is 83.0 Å². The summed E-state index contributed by atoms with van der Waals surface area (Å²) in [5.74, 6) is 0.954. The zero-order valence-electron chi connectivity index (χ0n) is 8.45. The van der Waals surface area contributed by atoms with Crippen LogP contribution in [-0.4, -0.2) is 20.8 Å². The van der Waals surface area contributed by atoms with E-state index in [1.807, 2.05) is 13.1 Å². The number of hydrogen-bond acceptors (Lipinski definition) is 3. The fraction of sp³-hybridized carbons (Fsp3) is 0.500. The minimum absolute atomic E-state index is 0.0982. The second kappa shape index (κ2) is 3.36. The Morgan fingerprint density at radius 2 is 2.36 bits per heavy atom. The molecule has 0 radical (unpaired) electrons. The van der Waals surface area contributed by atoms with Gasteiger partial charge in [0.2, 0.25) is 5.91 Å². The van der Waals surface area contributed by atoms with Gasteiger partial charge in [-0.25, -0.2) is 9.97 Å². The van der Waals surface area contributed by atoms with Crippen molar-refractivity contribution in [2.24, 2.45) is 0 Å². The zero-order valence-corrected chi connectivity index (χ0v) is 8.45. The van der Waals surface area contributed by atoms with Gasteiger partial charge in [-0.15, -0.1) is 0 Å². The predicted molar refractivity (Wildman–Crippen MR) is 51.3 cm³/mol. The number of carbonyl (C=O) groups is 1. The Balaban J connectivity index is 2.27. The molecular weight excluding hydrogens is 178 g/mol. The molecule has 0 spiro atoms. The summed E-state index contributed by atoms with van der Waals surface area (Å²) in [4.78, 5) is 21.5. The average molecular weight is 191 g/mol. The fourth-order valence-corrected chi connectivity index (χ4v) is 1.59. The number of nitrogens with zero attached hydrogens (tertiary/aromatic N) is 3. The van der Waals surface area contributed by atoms with Gasteiger partial charge in [0.25, 0.3) is 0 Å². The maximum Gasteiger partial charge on any atom is 0.220 e. The topological polar surface area (TPSA) is 46.1 Å². The van der Waals surface area contributed by atoms with E-state index < -0.39 is 0 Å². The number of hydrogen-bond donors (Lipinski definition) is 0. The van der Waals surface area contributed by atoms with Crippen LogP contribution in [0.1, 0.15) is 30.9 Å². The summed E-state index contributed by atoms with van der Waals surface area (Å²) in [6, 6.07) is 0. The van der Waals surface area contributed by atoms with E-state index in [1.54, 1.807) is 11.8 Å². The summed E-state index contributed by atoms with van der Waals surface area (Å²) < 4.78 is 0. The molecule has 4 nitrogen and oxygen atoms in total. The van der Waals surface area contributed by atoms with Gasteiger partial charge in [-0.3, -0.25) is 4.79 Å². The van der Waals surface area contributed by atoms with Gasteiger partial charge in [-0.2, -0.15) is 0 Å². The molecule has 74 valence electrons. The standard InChI is InChI=1S/C10H13N3O/c1-3-10-11-4-8-5-13(7(2)14)6-9(8)12-10/h4H,3,5-6H2,1-2H3.